The molecule has 0 aliphatic rings. The summed E-state index contributed by atoms with van der Waals surface area (Å²) in [6.45, 7) is 2.43. The maximum atomic E-state index is 9.90. The molecule has 1 unspecified atom stereocenters. The van der Waals surface area contributed by atoms with E-state index in [1.54, 1.807) is 12.2 Å². The molecule has 0 heterocycles. The Labute approximate surface area is 143 Å². The Balaban J connectivity index is 3.11. The molecule has 0 radical (unpaired) electrons. The smallest absolute Gasteiger partial charge is 0.0993 e. The minimum absolute atomic E-state index is 0.163. The lowest BCUT2D eigenvalue weighted by atomic mass is 10.0. The zero-order valence-electron chi connectivity index (χ0n) is 15.3. The number of nitrogens with zero attached hydrogens (tertiary/aromatic N) is 1. The van der Waals surface area contributed by atoms with Crippen molar-refractivity contribution in [3.05, 3.63) is 17.1 Å². The fourth-order valence-corrected chi connectivity index (χ4v) is 2.91. The summed E-state index contributed by atoms with van der Waals surface area (Å²) in [4.78, 5) is 9.90. The zero-order chi connectivity index (χ0) is 17.0. The lowest BCUT2D eigenvalue weighted by Gasteiger charge is -2.05. The van der Waals surface area contributed by atoms with E-state index >= 15 is 0 Å². The van der Waals surface area contributed by atoms with Crippen LogP contribution in [0.5, 0.6) is 0 Å². The molecule has 0 aromatic heterocycles. The molecule has 0 aromatic carbocycles. The van der Waals surface area contributed by atoms with Crippen LogP contribution >= 0.6 is 0 Å². The van der Waals surface area contributed by atoms with Gasteiger partial charge in [0.25, 0.3) is 0 Å². The first kappa shape index (κ1) is 22.3. The van der Waals surface area contributed by atoms with Crippen LogP contribution in [0.1, 0.15) is 103 Å². The molecule has 136 valence electrons. The second-order valence-electron chi connectivity index (χ2n) is 6.69. The van der Waals surface area contributed by atoms with E-state index in [0.29, 0.717) is 0 Å². The molecular formula is C20H39NO2. The first-order valence-electron chi connectivity index (χ1n) is 9.95. The van der Waals surface area contributed by atoms with Crippen LogP contribution < -0.4 is 0 Å². The average Bonchev–Trinajstić information content (AvgIpc) is 2.55. The minimum Gasteiger partial charge on any atom is -0.389 e. The summed E-state index contributed by atoms with van der Waals surface area (Å²) >= 11 is 0. The van der Waals surface area contributed by atoms with Crippen molar-refractivity contribution >= 4 is 0 Å². The van der Waals surface area contributed by atoms with Gasteiger partial charge >= 0.3 is 0 Å². The summed E-state index contributed by atoms with van der Waals surface area (Å²) < 4.78 is 0. The van der Waals surface area contributed by atoms with Gasteiger partial charge in [-0.3, -0.25) is 0 Å². The third kappa shape index (κ3) is 19.3. The molecule has 1 atom stereocenters. The number of aliphatic hydroxyl groups is 1. The highest BCUT2D eigenvalue weighted by Crippen LogP contribution is 2.13. The quantitative estimate of drug-likeness (QED) is 0.177. The SMILES string of the molecule is CCCCCCCCCCCCCCCCC(O)C=CCN=O. The van der Waals surface area contributed by atoms with Gasteiger partial charge in [-0.25, -0.2) is 0 Å². The molecule has 0 saturated heterocycles. The normalized spacial score (nSPS) is 12.8. The van der Waals surface area contributed by atoms with Gasteiger partial charge in [0.05, 0.1) is 12.6 Å². The molecule has 0 amide bonds. The van der Waals surface area contributed by atoms with E-state index in [1.807, 2.05) is 0 Å². The third-order valence-corrected chi connectivity index (χ3v) is 4.39. The third-order valence-electron chi connectivity index (χ3n) is 4.39. The predicted molar refractivity (Wildman–Crippen MR) is 101 cm³/mol. The van der Waals surface area contributed by atoms with Crippen LogP contribution in [0.2, 0.25) is 0 Å². The highest BCUT2D eigenvalue weighted by atomic mass is 16.3. The Morgan fingerprint density at radius 3 is 1.65 bits per heavy atom. The van der Waals surface area contributed by atoms with Crippen molar-refractivity contribution in [1.82, 2.24) is 0 Å². The molecule has 1 N–H and O–H groups in total. The van der Waals surface area contributed by atoms with Gasteiger partial charge < -0.3 is 5.11 Å². The molecule has 0 spiro atoms. The number of rotatable bonds is 18. The number of unbranched alkanes of at least 4 members (excludes halogenated alkanes) is 13. The van der Waals surface area contributed by atoms with E-state index < -0.39 is 6.10 Å². The maximum absolute atomic E-state index is 9.90. The molecule has 0 aliphatic carbocycles. The first-order valence-corrected chi connectivity index (χ1v) is 9.95. The van der Waals surface area contributed by atoms with Crippen molar-refractivity contribution in [1.29, 1.82) is 0 Å². The predicted octanol–water partition coefficient (Wildman–Crippen LogP) is 6.54. The van der Waals surface area contributed by atoms with Crippen LogP contribution in [0.3, 0.4) is 0 Å². The van der Waals surface area contributed by atoms with Gasteiger partial charge in [0.15, 0.2) is 0 Å². The van der Waals surface area contributed by atoms with Gasteiger partial charge in [0, 0.05) is 0 Å². The molecule has 0 aromatic rings. The summed E-state index contributed by atoms with van der Waals surface area (Å²) in [6.07, 6.45) is 22.6. The van der Waals surface area contributed by atoms with Gasteiger partial charge in [0.1, 0.15) is 0 Å². The summed E-state index contributed by atoms with van der Waals surface area (Å²) in [5.74, 6) is 0. The van der Waals surface area contributed by atoms with E-state index in [4.69, 9.17) is 0 Å². The molecule has 0 bridgehead atoms. The van der Waals surface area contributed by atoms with E-state index in [2.05, 4.69) is 12.1 Å². The summed E-state index contributed by atoms with van der Waals surface area (Å²) in [5, 5.41) is 12.4. The van der Waals surface area contributed by atoms with Crippen LogP contribution in [0.15, 0.2) is 17.3 Å². The van der Waals surface area contributed by atoms with Gasteiger partial charge in [0.2, 0.25) is 0 Å². The highest BCUT2D eigenvalue weighted by Gasteiger charge is 1.99. The topological polar surface area (TPSA) is 49.7 Å². The molecule has 0 saturated carbocycles. The van der Waals surface area contributed by atoms with Crippen molar-refractivity contribution < 1.29 is 5.11 Å². The van der Waals surface area contributed by atoms with Gasteiger partial charge in [-0.05, 0) is 6.42 Å². The Hall–Kier alpha value is -0.700. The minimum atomic E-state index is -0.408. The number of hydrogen-bond donors (Lipinski definition) is 1. The van der Waals surface area contributed by atoms with E-state index in [-0.39, 0.29) is 6.54 Å². The molecule has 3 heteroatoms. The maximum Gasteiger partial charge on any atom is 0.0993 e. The average molecular weight is 326 g/mol. The van der Waals surface area contributed by atoms with Crippen LogP contribution in [0, 0.1) is 4.91 Å². The van der Waals surface area contributed by atoms with E-state index in [1.165, 1.54) is 83.5 Å². The van der Waals surface area contributed by atoms with E-state index in [9.17, 15) is 10.0 Å². The molecule has 23 heavy (non-hydrogen) atoms. The van der Waals surface area contributed by atoms with Crippen molar-refractivity contribution in [3.8, 4) is 0 Å². The standard InChI is InChI=1S/C20H39NO2/c1-2-3-4-5-6-7-8-9-10-11-12-13-14-15-17-20(22)18-16-19-21-23/h16,18,20,22H,2-15,17,19H2,1H3. The van der Waals surface area contributed by atoms with Crippen LogP contribution in [0.25, 0.3) is 0 Å². The Morgan fingerprint density at radius 2 is 1.22 bits per heavy atom. The monoisotopic (exact) mass is 325 g/mol. The lowest BCUT2D eigenvalue weighted by molar-refractivity contribution is 0.207. The van der Waals surface area contributed by atoms with Crippen molar-refractivity contribution in [2.45, 2.75) is 109 Å². The van der Waals surface area contributed by atoms with Crippen molar-refractivity contribution in [2.75, 3.05) is 6.54 Å². The summed E-state index contributed by atoms with van der Waals surface area (Å²) in [6, 6.07) is 0. The lowest BCUT2D eigenvalue weighted by Crippen LogP contribution is -2.01. The largest absolute Gasteiger partial charge is 0.389 e. The molecule has 3 nitrogen and oxygen atoms in total. The second kappa shape index (κ2) is 19.3. The molecular weight excluding hydrogens is 286 g/mol. The molecule has 0 fully saturated rings. The van der Waals surface area contributed by atoms with Crippen molar-refractivity contribution in [2.24, 2.45) is 5.18 Å². The fourth-order valence-electron chi connectivity index (χ4n) is 2.91. The number of aliphatic hydroxyl groups excluding tert-OH is 1. The van der Waals surface area contributed by atoms with Gasteiger partial charge in [-0.1, -0.05) is 114 Å². The van der Waals surface area contributed by atoms with Gasteiger partial charge in [-0.15, -0.1) is 0 Å². The molecule has 0 aliphatic heterocycles. The molecule has 0 rings (SSSR count). The van der Waals surface area contributed by atoms with Gasteiger partial charge in [-0.2, -0.15) is 4.91 Å². The van der Waals surface area contributed by atoms with Crippen LogP contribution in [0.4, 0.5) is 0 Å². The first-order chi connectivity index (χ1) is 11.3. The Bertz CT molecular complexity index is 266. The van der Waals surface area contributed by atoms with Crippen LogP contribution in [-0.2, 0) is 0 Å². The highest BCUT2D eigenvalue weighted by molar-refractivity contribution is 4.89. The Morgan fingerprint density at radius 1 is 0.783 bits per heavy atom. The zero-order valence-corrected chi connectivity index (χ0v) is 15.3. The second-order valence-corrected chi connectivity index (χ2v) is 6.69. The summed E-state index contributed by atoms with van der Waals surface area (Å²) in [5.41, 5.74) is 0. The van der Waals surface area contributed by atoms with Crippen molar-refractivity contribution in [3.63, 3.8) is 0 Å². The number of hydrogen-bond acceptors (Lipinski definition) is 3. The Kier molecular flexibility index (Phi) is 18.8. The van der Waals surface area contributed by atoms with Crippen LogP contribution in [-0.4, -0.2) is 17.8 Å². The van der Waals surface area contributed by atoms with E-state index in [0.717, 1.165) is 12.8 Å². The summed E-state index contributed by atoms with van der Waals surface area (Å²) in [7, 11) is 0. The number of nitroso groups, excluding NO2 is 1. The fraction of sp³-hybridized carbons (Fsp3) is 0.900.